The molecule has 0 aliphatic carbocycles. The first-order chi connectivity index (χ1) is 11.4. The van der Waals surface area contributed by atoms with Crippen molar-refractivity contribution in [2.24, 2.45) is 0 Å². The molecule has 116 valence electrons. The van der Waals surface area contributed by atoms with Gasteiger partial charge >= 0.3 is 0 Å². The third-order valence-corrected chi connectivity index (χ3v) is 3.47. The molecular weight excluding hydrogens is 284 g/mol. The highest BCUT2D eigenvalue weighted by molar-refractivity contribution is 5.41. The third-order valence-electron chi connectivity index (χ3n) is 3.47. The lowest BCUT2D eigenvalue weighted by atomic mass is 10.2. The van der Waals surface area contributed by atoms with Crippen LogP contribution in [0.4, 0.5) is 5.69 Å². The zero-order valence-electron chi connectivity index (χ0n) is 12.9. The monoisotopic (exact) mass is 304 g/mol. The third kappa shape index (κ3) is 4.87. The van der Waals surface area contributed by atoms with Crippen molar-refractivity contribution in [2.45, 2.75) is 13.2 Å². The normalized spacial score (nSPS) is 10.3. The first-order valence-electron chi connectivity index (χ1n) is 7.70. The predicted octanol–water partition coefficient (Wildman–Crippen LogP) is 4.38. The van der Waals surface area contributed by atoms with E-state index in [1.165, 1.54) is 11.1 Å². The zero-order valence-corrected chi connectivity index (χ0v) is 12.9. The van der Waals surface area contributed by atoms with Crippen LogP contribution in [-0.2, 0) is 13.2 Å². The number of ether oxygens (including phenoxy) is 1. The number of rotatable bonds is 7. The van der Waals surface area contributed by atoms with Gasteiger partial charge in [-0.05, 0) is 35.4 Å². The second-order valence-electron chi connectivity index (χ2n) is 5.26. The lowest BCUT2D eigenvalue weighted by Crippen LogP contribution is -2.20. The first-order valence-corrected chi connectivity index (χ1v) is 7.70. The van der Waals surface area contributed by atoms with Gasteiger partial charge in [-0.25, -0.2) is 5.43 Å². The second kappa shape index (κ2) is 8.01. The number of anilines is 1. The van der Waals surface area contributed by atoms with E-state index in [-0.39, 0.29) is 0 Å². The van der Waals surface area contributed by atoms with Crippen LogP contribution in [0.1, 0.15) is 11.1 Å². The van der Waals surface area contributed by atoms with Crippen LogP contribution >= 0.6 is 0 Å². The van der Waals surface area contributed by atoms with Crippen molar-refractivity contribution < 1.29 is 4.74 Å². The van der Waals surface area contributed by atoms with Gasteiger partial charge < -0.3 is 10.2 Å². The van der Waals surface area contributed by atoms with E-state index in [4.69, 9.17) is 4.74 Å². The summed E-state index contributed by atoms with van der Waals surface area (Å²) in [5.41, 5.74) is 9.80. The molecule has 0 radical (unpaired) electrons. The maximum atomic E-state index is 5.78. The van der Waals surface area contributed by atoms with Crippen molar-refractivity contribution in [1.82, 2.24) is 5.43 Å². The molecule has 0 bridgehead atoms. The molecule has 0 aromatic heterocycles. The van der Waals surface area contributed by atoms with E-state index in [0.29, 0.717) is 6.61 Å². The molecule has 23 heavy (non-hydrogen) atoms. The van der Waals surface area contributed by atoms with Crippen molar-refractivity contribution in [3.63, 3.8) is 0 Å². The minimum Gasteiger partial charge on any atom is -0.489 e. The Labute approximate surface area is 136 Å². The van der Waals surface area contributed by atoms with Gasteiger partial charge in [0.15, 0.2) is 0 Å². The standard InChI is InChI=1S/C20H20N2O/c1-3-7-18(8-4-1)16-23-20-13-11-17(12-14-20)15-21-22-19-9-5-2-6-10-19/h1-14,21-22H,15-16H2. The van der Waals surface area contributed by atoms with Gasteiger partial charge in [-0.2, -0.15) is 0 Å². The van der Waals surface area contributed by atoms with Gasteiger partial charge in [0.2, 0.25) is 0 Å². The molecule has 0 amide bonds. The van der Waals surface area contributed by atoms with Crippen LogP contribution in [0.25, 0.3) is 0 Å². The summed E-state index contributed by atoms with van der Waals surface area (Å²) < 4.78 is 5.78. The predicted molar refractivity (Wildman–Crippen MR) is 94.1 cm³/mol. The molecule has 0 heterocycles. The maximum Gasteiger partial charge on any atom is 0.119 e. The fourth-order valence-corrected chi connectivity index (χ4v) is 2.21. The Morgan fingerprint density at radius 3 is 2.00 bits per heavy atom. The fourth-order valence-electron chi connectivity index (χ4n) is 2.21. The van der Waals surface area contributed by atoms with Crippen LogP contribution < -0.4 is 15.6 Å². The van der Waals surface area contributed by atoms with Gasteiger partial charge in [-0.3, -0.25) is 0 Å². The maximum absolute atomic E-state index is 5.78. The Balaban J connectivity index is 1.45. The summed E-state index contributed by atoms with van der Waals surface area (Å²) in [5.74, 6) is 0.883. The Morgan fingerprint density at radius 1 is 0.652 bits per heavy atom. The average Bonchev–Trinajstić information content (AvgIpc) is 2.63. The van der Waals surface area contributed by atoms with E-state index < -0.39 is 0 Å². The molecule has 0 aliphatic heterocycles. The lowest BCUT2D eigenvalue weighted by molar-refractivity contribution is 0.306. The van der Waals surface area contributed by atoms with Crippen molar-refractivity contribution in [2.75, 3.05) is 5.43 Å². The number of hydrogen-bond donors (Lipinski definition) is 2. The van der Waals surface area contributed by atoms with Crippen LogP contribution in [0.2, 0.25) is 0 Å². The van der Waals surface area contributed by atoms with Crippen molar-refractivity contribution in [1.29, 1.82) is 0 Å². The molecule has 3 aromatic rings. The summed E-state index contributed by atoms with van der Waals surface area (Å²) >= 11 is 0. The summed E-state index contributed by atoms with van der Waals surface area (Å²) in [7, 11) is 0. The number of benzene rings is 3. The highest BCUT2D eigenvalue weighted by atomic mass is 16.5. The van der Waals surface area contributed by atoms with Gasteiger partial charge in [-0.1, -0.05) is 60.7 Å². The topological polar surface area (TPSA) is 33.3 Å². The SMILES string of the molecule is c1ccc(COc2ccc(CNNc3ccccc3)cc2)cc1. The van der Waals surface area contributed by atoms with Crippen LogP contribution in [0.3, 0.4) is 0 Å². The van der Waals surface area contributed by atoms with Crippen molar-refractivity contribution in [3.05, 3.63) is 96.1 Å². The van der Waals surface area contributed by atoms with E-state index in [1.807, 2.05) is 60.7 Å². The van der Waals surface area contributed by atoms with Gasteiger partial charge in [0, 0.05) is 12.2 Å². The molecule has 3 heteroatoms. The van der Waals surface area contributed by atoms with Gasteiger partial charge in [0.25, 0.3) is 0 Å². The molecule has 0 unspecified atom stereocenters. The first kappa shape index (κ1) is 15.1. The van der Waals surface area contributed by atoms with Gasteiger partial charge in [-0.15, -0.1) is 0 Å². The molecule has 3 aromatic carbocycles. The summed E-state index contributed by atoms with van der Waals surface area (Å²) in [6.45, 7) is 1.34. The smallest absolute Gasteiger partial charge is 0.119 e. The molecule has 3 nitrogen and oxygen atoms in total. The zero-order chi connectivity index (χ0) is 15.7. The van der Waals surface area contributed by atoms with Crippen LogP contribution in [0, 0.1) is 0 Å². The molecule has 0 spiro atoms. The van der Waals surface area contributed by atoms with Gasteiger partial charge in [0.05, 0.1) is 0 Å². The summed E-state index contributed by atoms with van der Waals surface area (Å²) in [6, 6.07) is 28.4. The Bertz CT molecular complexity index is 697. The van der Waals surface area contributed by atoms with Gasteiger partial charge in [0.1, 0.15) is 12.4 Å². The number of para-hydroxylation sites is 1. The van der Waals surface area contributed by atoms with Crippen LogP contribution in [-0.4, -0.2) is 0 Å². The molecule has 0 aliphatic rings. The highest BCUT2D eigenvalue weighted by Crippen LogP contribution is 2.14. The molecular formula is C20H20N2O. The lowest BCUT2D eigenvalue weighted by Gasteiger charge is -2.10. The molecule has 0 fully saturated rings. The minimum atomic E-state index is 0.591. The van der Waals surface area contributed by atoms with Crippen molar-refractivity contribution >= 4 is 5.69 Å². The fraction of sp³-hybridized carbons (Fsp3) is 0.100. The molecule has 0 atom stereocenters. The van der Waals surface area contributed by atoms with E-state index in [1.54, 1.807) is 0 Å². The number of nitrogens with one attached hydrogen (secondary N) is 2. The second-order valence-corrected chi connectivity index (χ2v) is 5.26. The Hall–Kier alpha value is -2.78. The average molecular weight is 304 g/mol. The van der Waals surface area contributed by atoms with E-state index >= 15 is 0 Å². The molecule has 3 rings (SSSR count). The van der Waals surface area contributed by atoms with E-state index in [9.17, 15) is 0 Å². The Morgan fingerprint density at radius 2 is 1.30 bits per heavy atom. The summed E-state index contributed by atoms with van der Waals surface area (Å²) in [6.07, 6.45) is 0. The number of hydrogen-bond acceptors (Lipinski definition) is 3. The molecule has 0 saturated carbocycles. The van der Waals surface area contributed by atoms with Crippen molar-refractivity contribution in [3.8, 4) is 5.75 Å². The minimum absolute atomic E-state index is 0.591. The number of hydrazine groups is 1. The quantitative estimate of drug-likeness (QED) is 0.635. The summed E-state index contributed by atoms with van der Waals surface area (Å²) in [5, 5.41) is 0. The van der Waals surface area contributed by atoms with Crippen LogP contribution in [0.5, 0.6) is 5.75 Å². The Kier molecular flexibility index (Phi) is 5.27. The largest absolute Gasteiger partial charge is 0.489 e. The summed E-state index contributed by atoms with van der Waals surface area (Å²) in [4.78, 5) is 0. The molecule has 2 N–H and O–H groups in total. The van der Waals surface area contributed by atoms with E-state index in [2.05, 4.69) is 35.1 Å². The molecule has 0 saturated heterocycles. The van der Waals surface area contributed by atoms with Crippen LogP contribution in [0.15, 0.2) is 84.9 Å². The van der Waals surface area contributed by atoms with E-state index in [0.717, 1.165) is 18.0 Å². The highest BCUT2D eigenvalue weighted by Gasteiger charge is 1.97.